The number of pyridine rings is 2. The van der Waals surface area contributed by atoms with Crippen LogP contribution in [0.1, 0.15) is 23.3 Å². The van der Waals surface area contributed by atoms with Gasteiger partial charge in [-0.1, -0.05) is 6.07 Å². The first-order chi connectivity index (χ1) is 16.0. The van der Waals surface area contributed by atoms with E-state index in [1.165, 1.54) is 0 Å². The highest BCUT2D eigenvalue weighted by atomic mass is 16.2. The second-order valence-corrected chi connectivity index (χ2v) is 8.31. The van der Waals surface area contributed by atoms with Crippen LogP contribution in [-0.4, -0.2) is 46.1 Å². The standard InChI is InChI=1S/C24H23N7O2/c1-31(2)21-8-6-17(13-26-21)27-24(33)22-19-10-15(5-7-20(19)29-30-22)16-9-18(12-25-11-16)28-23(32)14-3-4-14/h5-14H,3-4H2,1-2H3,(H,27,33)(H,28,32)(H,29,30). The van der Waals surface area contributed by atoms with Crippen molar-refractivity contribution in [3.05, 3.63) is 60.7 Å². The highest BCUT2D eigenvalue weighted by Crippen LogP contribution is 2.31. The molecule has 0 spiro atoms. The minimum absolute atomic E-state index is 0.0336. The highest BCUT2D eigenvalue weighted by molar-refractivity contribution is 6.11. The lowest BCUT2D eigenvalue weighted by atomic mass is 10.0. The molecular weight excluding hydrogens is 418 g/mol. The lowest BCUT2D eigenvalue weighted by Gasteiger charge is -2.11. The van der Waals surface area contributed by atoms with Crippen molar-refractivity contribution >= 4 is 39.9 Å². The van der Waals surface area contributed by atoms with Crippen LogP contribution in [0.2, 0.25) is 0 Å². The Bertz CT molecular complexity index is 1340. The molecule has 0 saturated heterocycles. The van der Waals surface area contributed by atoms with Crippen molar-refractivity contribution in [3.8, 4) is 11.1 Å². The summed E-state index contributed by atoms with van der Waals surface area (Å²) in [6.07, 6.45) is 6.86. The van der Waals surface area contributed by atoms with Gasteiger partial charge in [-0.2, -0.15) is 5.10 Å². The van der Waals surface area contributed by atoms with Crippen molar-refractivity contribution in [2.75, 3.05) is 29.6 Å². The largest absolute Gasteiger partial charge is 0.363 e. The average molecular weight is 441 g/mol. The van der Waals surface area contributed by atoms with E-state index in [1.54, 1.807) is 24.7 Å². The van der Waals surface area contributed by atoms with Gasteiger partial charge in [0.2, 0.25) is 5.91 Å². The van der Waals surface area contributed by atoms with Crippen LogP contribution >= 0.6 is 0 Å². The van der Waals surface area contributed by atoms with Gasteiger partial charge in [0.1, 0.15) is 5.82 Å². The van der Waals surface area contributed by atoms with Gasteiger partial charge < -0.3 is 15.5 Å². The van der Waals surface area contributed by atoms with Crippen molar-refractivity contribution in [1.82, 2.24) is 20.2 Å². The summed E-state index contributed by atoms with van der Waals surface area (Å²) in [7, 11) is 3.81. The third-order valence-electron chi connectivity index (χ3n) is 5.53. The molecule has 9 heteroatoms. The van der Waals surface area contributed by atoms with E-state index in [2.05, 4.69) is 30.8 Å². The van der Waals surface area contributed by atoms with Gasteiger partial charge >= 0.3 is 0 Å². The molecular formula is C24H23N7O2. The summed E-state index contributed by atoms with van der Waals surface area (Å²) in [5, 5.41) is 13.6. The molecule has 33 heavy (non-hydrogen) atoms. The molecule has 2 amide bonds. The summed E-state index contributed by atoms with van der Waals surface area (Å²) < 4.78 is 0. The molecule has 4 aromatic rings. The Morgan fingerprint density at radius 2 is 1.82 bits per heavy atom. The van der Waals surface area contributed by atoms with Crippen molar-refractivity contribution < 1.29 is 9.59 Å². The van der Waals surface area contributed by atoms with Gasteiger partial charge in [0.15, 0.2) is 5.69 Å². The Balaban J connectivity index is 1.39. The molecule has 5 rings (SSSR count). The molecule has 0 atom stereocenters. The number of nitrogens with zero attached hydrogens (tertiary/aromatic N) is 4. The molecule has 1 fully saturated rings. The van der Waals surface area contributed by atoms with E-state index in [-0.39, 0.29) is 23.4 Å². The maximum atomic E-state index is 12.9. The normalized spacial score (nSPS) is 13.0. The first-order valence-corrected chi connectivity index (χ1v) is 10.7. The van der Waals surface area contributed by atoms with Gasteiger partial charge in [-0.3, -0.25) is 19.7 Å². The number of nitrogens with one attached hydrogen (secondary N) is 3. The topological polar surface area (TPSA) is 116 Å². The highest BCUT2D eigenvalue weighted by Gasteiger charge is 2.29. The molecule has 3 aromatic heterocycles. The van der Waals surface area contributed by atoms with Gasteiger partial charge in [-0.25, -0.2) is 4.98 Å². The zero-order valence-corrected chi connectivity index (χ0v) is 18.3. The summed E-state index contributed by atoms with van der Waals surface area (Å²) in [5.41, 5.74) is 3.97. The van der Waals surface area contributed by atoms with Gasteiger partial charge in [-0.05, 0) is 48.7 Å². The smallest absolute Gasteiger partial charge is 0.276 e. The van der Waals surface area contributed by atoms with Gasteiger partial charge in [0.25, 0.3) is 5.91 Å². The molecule has 1 aliphatic rings. The number of hydrogen-bond donors (Lipinski definition) is 3. The van der Waals surface area contributed by atoms with Gasteiger partial charge in [-0.15, -0.1) is 0 Å². The molecule has 9 nitrogen and oxygen atoms in total. The van der Waals surface area contributed by atoms with E-state index in [0.29, 0.717) is 16.8 Å². The van der Waals surface area contributed by atoms with Crippen LogP contribution in [-0.2, 0) is 4.79 Å². The summed E-state index contributed by atoms with van der Waals surface area (Å²) in [6.45, 7) is 0. The second kappa shape index (κ2) is 8.34. The molecule has 0 radical (unpaired) electrons. The Labute approximate surface area is 190 Å². The number of aromatic amines is 1. The lowest BCUT2D eigenvalue weighted by Crippen LogP contribution is -2.14. The minimum Gasteiger partial charge on any atom is -0.363 e. The van der Waals surface area contributed by atoms with Crippen molar-refractivity contribution in [2.24, 2.45) is 5.92 Å². The fourth-order valence-corrected chi connectivity index (χ4v) is 3.54. The van der Waals surface area contributed by atoms with Crippen LogP contribution in [0.4, 0.5) is 17.2 Å². The van der Waals surface area contributed by atoms with Crippen LogP contribution in [0.25, 0.3) is 22.0 Å². The zero-order valence-electron chi connectivity index (χ0n) is 18.3. The Morgan fingerprint density at radius 1 is 0.970 bits per heavy atom. The summed E-state index contributed by atoms with van der Waals surface area (Å²) in [6, 6.07) is 11.2. The number of amides is 2. The van der Waals surface area contributed by atoms with E-state index in [1.807, 2.05) is 49.3 Å². The van der Waals surface area contributed by atoms with Crippen molar-refractivity contribution in [3.63, 3.8) is 0 Å². The van der Waals surface area contributed by atoms with Crippen LogP contribution in [0.15, 0.2) is 55.0 Å². The molecule has 1 aromatic carbocycles. The number of anilines is 3. The van der Waals surface area contributed by atoms with Crippen molar-refractivity contribution in [2.45, 2.75) is 12.8 Å². The van der Waals surface area contributed by atoms with Gasteiger partial charge in [0.05, 0.1) is 29.3 Å². The van der Waals surface area contributed by atoms with Crippen molar-refractivity contribution in [1.29, 1.82) is 0 Å². The molecule has 166 valence electrons. The van der Waals surface area contributed by atoms with Crippen LogP contribution < -0.4 is 15.5 Å². The maximum absolute atomic E-state index is 12.9. The lowest BCUT2D eigenvalue weighted by molar-refractivity contribution is -0.117. The van der Waals surface area contributed by atoms with Gasteiger partial charge in [0, 0.05) is 37.2 Å². The quantitative estimate of drug-likeness (QED) is 0.420. The Hall–Kier alpha value is -4.27. The van der Waals surface area contributed by atoms with E-state index < -0.39 is 0 Å². The molecule has 0 bridgehead atoms. The zero-order chi connectivity index (χ0) is 22.9. The molecule has 0 aliphatic heterocycles. The number of aromatic nitrogens is 4. The predicted molar refractivity (Wildman–Crippen MR) is 127 cm³/mol. The minimum atomic E-state index is -0.332. The number of rotatable bonds is 6. The van der Waals surface area contributed by atoms with E-state index in [9.17, 15) is 9.59 Å². The third kappa shape index (κ3) is 4.38. The van der Waals surface area contributed by atoms with E-state index in [4.69, 9.17) is 0 Å². The number of fused-ring (bicyclic) bond motifs is 1. The fraction of sp³-hybridized carbons (Fsp3) is 0.208. The van der Waals surface area contributed by atoms with E-state index >= 15 is 0 Å². The molecule has 3 heterocycles. The van der Waals surface area contributed by atoms with Crippen LogP contribution in [0.5, 0.6) is 0 Å². The first kappa shape index (κ1) is 20.6. The number of H-pyrrole nitrogens is 1. The maximum Gasteiger partial charge on any atom is 0.276 e. The second-order valence-electron chi connectivity index (χ2n) is 8.31. The predicted octanol–water partition coefficient (Wildman–Crippen LogP) is 3.69. The number of benzene rings is 1. The fourth-order valence-electron chi connectivity index (χ4n) is 3.54. The molecule has 1 saturated carbocycles. The molecule has 0 unspecified atom stereocenters. The Morgan fingerprint density at radius 3 is 2.55 bits per heavy atom. The Kier molecular flexibility index (Phi) is 5.21. The van der Waals surface area contributed by atoms with Crippen LogP contribution in [0.3, 0.4) is 0 Å². The monoisotopic (exact) mass is 441 g/mol. The first-order valence-electron chi connectivity index (χ1n) is 10.7. The summed E-state index contributed by atoms with van der Waals surface area (Å²) in [5.74, 6) is 0.617. The summed E-state index contributed by atoms with van der Waals surface area (Å²) >= 11 is 0. The average Bonchev–Trinajstić information content (AvgIpc) is 3.58. The number of carbonyl (C=O) groups excluding carboxylic acids is 2. The molecule has 1 aliphatic carbocycles. The van der Waals surface area contributed by atoms with E-state index in [0.717, 1.165) is 35.3 Å². The third-order valence-corrected chi connectivity index (χ3v) is 5.53. The number of carbonyl (C=O) groups is 2. The SMILES string of the molecule is CN(C)c1ccc(NC(=O)c2n[nH]c3ccc(-c4cncc(NC(=O)C5CC5)c4)cc23)cn1. The summed E-state index contributed by atoms with van der Waals surface area (Å²) in [4.78, 5) is 35.5. The number of hydrogen-bond acceptors (Lipinski definition) is 6. The van der Waals surface area contributed by atoms with Crippen LogP contribution in [0, 0.1) is 5.92 Å². The molecule has 3 N–H and O–H groups in total.